The van der Waals surface area contributed by atoms with Crippen LogP contribution >= 0.6 is 0 Å². The fourth-order valence-electron chi connectivity index (χ4n) is 0.415. The van der Waals surface area contributed by atoms with Crippen molar-refractivity contribution in [3.63, 3.8) is 0 Å². The minimum atomic E-state index is -0.178. The van der Waals surface area contributed by atoms with E-state index in [0.29, 0.717) is 0 Å². The molecule has 0 nitrogen and oxygen atoms in total. The molecule has 0 bridgehead atoms. The molecule has 1 rings (SSSR count). The van der Waals surface area contributed by atoms with Gasteiger partial charge in [-0.05, 0) is 12.1 Å². The first-order valence-corrected chi connectivity index (χ1v) is 2.10. The van der Waals surface area contributed by atoms with Crippen molar-refractivity contribution in [1.82, 2.24) is 0 Å². The van der Waals surface area contributed by atoms with Crippen molar-refractivity contribution in [3.05, 3.63) is 36.1 Å². The van der Waals surface area contributed by atoms with Crippen molar-refractivity contribution in [3.8, 4) is 0 Å². The molecule has 0 aliphatic carbocycles. The van der Waals surface area contributed by atoms with Crippen LogP contribution in [0.5, 0.6) is 0 Å². The Kier molecular flexibility index (Phi) is 4.15. The molecule has 0 N–H and O–H groups in total. The molecule has 0 radical (unpaired) electrons. The monoisotopic (exact) mass is 120 g/mol. The Hall–Kier alpha value is 0.150. The maximum atomic E-state index is 11.9. The molecule has 0 aliphatic heterocycles. The van der Waals surface area contributed by atoms with E-state index in [1.165, 1.54) is 12.1 Å². The minimum absolute atomic E-state index is 0. The summed E-state index contributed by atoms with van der Waals surface area (Å²) in [5.41, 5.74) is 0. The summed E-state index contributed by atoms with van der Waals surface area (Å²) in [7, 11) is 0. The first-order valence-electron chi connectivity index (χ1n) is 2.10. The molecular formula is C6H6FNa. The number of benzene rings is 1. The van der Waals surface area contributed by atoms with Gasteiger partial charge in [-0.25, -0.2) is 4.39 Å². The van der Waals surface area contributed by atoms with Gasteiger partial charge in [0.1, 0.15) is 5.82 Å². The average Bonchev–Trinajstić information content (AvgIpc) is 1.69. The van der Waals surface area contributed by atoms with Gasteiger partial charge in [0.25, 0.3) is 0 Å². The molecule has 0 aliphatic rings. The van der Waals surface area contributed by atoms with Crippen molar-refractivity contribution in [1.29, 1.82) is 0 Å². The Morgan fingerprint density at radius 2 is 1.50 bits per heavy atom. The topological polar surface area (TPSA) is 0 Å². The maximum absolute atomic E-state index is 11.9. The van der Waals surface area contributed by atoms with Crippen LogP contribution in [0.2, 0.25) is 0 Å². The van der Waals surface area contributed by atoms with Gasteiger partial charge in [0.15, 0.2) is 0 Å². The Morgan fingerprint density at radius 3 is 1.75 bits per heavy atom. The van der Waals surface area contributed by atoms with E-state index in [0.717, 1.165) is 0 Å². The molecular weight excluding hydrogens is 114 g/mol. The van der Waals surface area contributed by atoms with Gasteiger partial charge in [0.2, 0.25) is 0 Å². The first kappa shape index (κ1) is 8.15. The molecule has 8 heavy (non-hydrogen) atoms. The second-order valence-electron chi connectivity index (χ2n) is 1.30. The van der Waals surface area contributed by atoms with Crippen molar-refractivity contribution in [2.24, 2.45) is 0 Å². The normalized spacial score (nSPS) is 7.62. The summed E-state index contributed by atoms with van der Waals surface area (Å²) in [6.45, 7) is 0. The van der Waals surface area contributed by atoms with E-state index in [4.69, 9.17) is 0 Å². The van der Waals surface area contributed by atoms with Crippen molar-refractivity contribution in [2.45, 2.75) is 0 Å². The van der Waals surface area contributed by atoms with Gasteiger partial charge in [0.05, 0.1) is 0 Å². The van der Waals surface area contributed by atoms with Crippen LogP contribution in [0.1, 0.15) is 0 Å². The van der Waals surface area contributed by atoms with E-state index in [1.54, 1.807) is 18.2 Å². The van der Waals surface area contributed by atoms with Crippen LogP contribution in [0.15, 0.2) is 30.3 Å². The van der Waals surface area contributed by atoms with E-state index in [9.17, 15) is 4.39 Å². The Bertz CT molecular complexity index is 138. The van der Waals surface area contributed by atoms with Gasteiger partial charge in [-0.1, -0.05) is 18.2 Å². The second kappa shape index (κ2) is 4.07. The number of halogens is 1. The molecule has 2 heteroatoms. The standard InChI is InChI=1S/C6H5F.Na.H/c7-6-4-2-1-3-5-6;;/h1-5H;;. The van der Waals surface area contributed by atoms with Crippen LogP contribution in [0.4, 0.5) is 4.39 Å². The molecule has 0 atom stereocenters. The third kappa shape index (κ3) is 2.46. The Labute approximate surface area is 70.0 Å². The fraction of sp³-hybridized carbons (Fsp3) is 0. The fourth-order valence-corrected chi connectivity index (χ4v) is 0.415. The first-order chi connectivity index (χ1) is 3.39. The van der Waals surface area contributed by atoms with E-state index in [2.05, 4.69) is 0 Å². The zero-order chi connectivity index (χ0) is 5.11. The van der Waals surface area contributed by atoms with E-state index >= 15 is 0 Å². The van der Waals surface area contributed by atoms with Gasteiger partial charge in [-0.2, -0.15) is 0 Å². The molecule has 0 saturated carbocycles. The predicted molar refractivity (Wildman–Crippen MR) is 33.5 cm³/mol. The van der Waals surface area contributed by atoms with E-state index in [-0.39, 0.29) is 35.4 Å². The molecule has 0 spiro atoms. The zero-order valence-corrected chi connectivity index (χ0v) is 3.76. The summed E-state index contributed by atoms with van der Waals surface area (Å²) in [5, 5.41) is 0. The molecule has 0 saturated heterocycles. The van der Waals surface area contributed by atoms with Crippen LogP contribution in [-0.2, 0) is 0 Å². The summed E-state index contributed by atoms with van der Waals surface area (Å²) >= 11 is 0. The van der Waals surface area contributed by atoms with Gasteiger partial charge in [-0.15, -0.1) is 0 Å². The predicted octanol–water partition coefficient (Wildman–Crippen LogP) is 1.18. The Morgan fingerprint density at radius 1 is 1.00 bits per heavy atom. The molecule has 38 valence electrons. The van der Waals surface area contributed by atoms with Gasteiger partial charge < -0.3 is 0 Å². The SMILES string of the molecule is Fc1ccccc1.[NaH]. The van der Waals surface area contributed by atoms with Crippen LogP contribution in [0, 0.1) is 5.82 Å². The summed E-state index contributed by atoms with van der Waals surface area (Å²) < 4.78 is 11.9. The van der Waals surface area contributed by atoms with E-state index < -0.39 is 0 Å². The Balaban J connectivity index is 0.000000490. The summed E-state index contributed by atoms with van der Waals surface area (Å²) in [6.07, 6.45) is 0. The van der Waals surface area contributed by atoms with Crippen LogP contribution in [0.3, 0.4) is 0 Å². The summed E-state index contributed by atoms with van der Waals surface area (Å²) in [6, 6.07) is 7.94. The van der Waals surface area contributed by atoms with Gasteiger partial charge in [-0.3, -0.25) is 0 Å². The average molecular weight is 120 g/mol. The van der Waals surface area contributed by atoms with E-state index in [1.807, 2.05) is 0 Å². The number of hydrogen-bond acceptors (Lipinski definition) is 0. The van der Waals surface area contributed by atoms with Crippen LogP contribution in [-0.4, -0.2) is 29.6 Å². The molecule has 0 amide bonds. The second-order valence-corrected chi connectivity index (χ2v) is 1.30. The summed E-state index contributed by atoms with van der Waals surface area (Å²) in [4.78, 5) is 0. The van der Waals surface area contributed by atoms with Crippen molar-refractivity contribution in [2.75, 3.05) is 0 Å². The third-order valence-corrected chi connectivity index (χ3v) is 0.733. The molecule has 1 aromatic rings. The van der Waals surface area contributed by atoms with Crippen molar-refractivity contribution >= 4 is 29.6 Å². The van der Waals surface area contributed by atoms with Crippen LogP contribution in [0.25, 0.3) is 0 Å². The quantitative estimate of drug-likeness (QED) is 0.451. The molecule has 0 heterocycles. The third-order valence-electron chi connectivity index (χ3n) is 0.733. The zero-order valence-electron chi connectivity index (χ0n) is 3.76. The molecule has 0 unspecified atom stereocenters. The summed E-state index contributed by atoms with van der Waals surface area (Å²) in [5.74, 6) is -0.178. The number of hydrogen-bond donors (Lipinski definition) is 0. The molecule has 0 aromatic heterocycles. The molecule has 1 aromatic carbocycles. The van der Waals surface area contributed by atoms with Gasteiger partial charge in [0, 0.05) is 0 Å². The molecule has 0 fully saturated rings. The number of rotatable bonds is 0. The van der Waals surface area contributed by atoms with Crippen molar-refractivity contribution < 1.29 is 4.39 Å². The van der Waals surface area contributed by atoms with Crippen LogP contribution < -0.4 is 0 Å². The van der Waals surface area contributed by atoms with Gasteiger partial charge >= 0.3 is 29.6 Å².